The first-order valence-electron chi connectivity index (χ1n) is 9.67. The van der Waals surface area contributed by atoms with Crippen LogP contribution in [-0.4, -0.2) is 29.2 Å². The second-order valence-electron chi connectivity index (χ2n) is 7.20. The van der Waals surface area contributed by atoms with Crippen LogP contribution in [0.5, 0.6) is 0 Å². The Labute approximate surface area is 176 Å². The number of oxime groups is 1. The Kier molecular flexibility index (Phi) is 5.79. The molecule has 0 fully saturated rings. The molecule has 8 heteroatoms. The summed E-state index contributed by atoms with van der Waals surface area (Å²) in [6, 6.07) is 17.5. The van der Waals surface area contributed by atoms with Crippen LogP contribution in [0.1, 0.15) is 33.7 Å². The third kappa shape index (κ3) is 4.96. The van der Waals surface area contributed by atoms with Gasteiger partial charge in [0.2, 0.25) is 0 Å². The summed E-state index contributed by atoms with van der Waals surface area (Å²) in [4.78, 5) is 19.9. The highest BCUT2D eigenvalue weighted by Crippen LogP contribution is 2.30. The molecule has 1 atom stereocenters. The van der Waals surface area contributed by atoms with Crippen molar-refractivity contribution in [3.8, 4) is 0 Å². The van der Waals surface area contributed by atoms with Gasteiger partial charge in [0, 0.05) is 13.0 Å². The lowest BCUT2D eigenvalue weighted by molar-refractivity contribution is -0.137. The maximum Gasteiger partial charge on any atom is 0.416 e. The van der Waals surface area contributed by atoms with Crippen LogP contribution in [0, 0.1) is 0 Å². The Hall–Kier alpha value is -3.55. The summed E-state index contributed by atoms with van der Waals surface area (Å²) in [5, 5.41) is 4.12. The number of rotatable bonds is 6. The van der Waals surface area contributed by atoms with Crippen molar-refractivity contribution < 1.29 is 27.2 Å². The molecule has 0 aliphatic carbocycles. The van der Waals surface area contributed by atoms with Gasteiger partial charge in [0.05, 0.1) is 24.1 Å². The van der Waals surface area contributed by atoms with Crippen LogP contribution in [0.25, 0.3) is 0 Å². The van der Waals surface area contributed by atoms with Gasteiger partial charge in [-0.05, 0) is 35.4 Å². The summed E-state index contributed by atoms with van der Waals surface area (Å²) >= 11 is 0. The van der Waals surface area contributed by atoms with Crippen molar-refractivity contribution in [2.75, 3.05) is 6.54 Å². The molecule has 160 valence electrons. The molecule has 1 aliphatic heterocycles. The summed E-state index contributed by atoms with van der Waals surface area (Å²) < 4.78 is 44.5. The van der Waals surface area contributed by atoms with Crippen molar-refractivity contribution in [1.29, 1.82) is 0 Å². The van der Waals surface area contributed by atoms with Crippen LogP contribution in [-0.2, 0) is 17.6 Å². The molecular weight excluding hydrogens is 409 g/mol. The number of benzene rings is 2. The van der Waals surface area contributed by atoms with E-state index >= 15 is 0 Å². The summed E-state index contributed by atoms with van der Waals surface area (Å²) in [5.41, 5.74) is 1.28. The van der Waals surface area contributed by atoms with E-state index in [4.69, 9.17) is 9.25 Å². The number of nitrogens with zero attached hydrogens (tertiary/aromatic N) is 2. The second kappa shape index (κ2) is 8.67. The summed E-state index contributed by atoms with van der Waals surface area (Å²) in [6.07, 6.45) is -3.02. The Morgan fingerprint density at radius 3 is 2.58 bits per heavy atom. The van der Waals surface area contributed by atoms with E-state index in [0.717, 1.165) is 23.4 Å². The number of amides is 1. The molecule has 31 heavy (non-hydrogen) atoms. The van der Waals surface area contributed by atoms with Crippen LogP contribution in [0.15, 0.2) is 82.6 Å². The highest BCUT2D eigenvalue weighted by atomic mass is 19.4. The van der Waals surface area contributed by atoms with Crippen molar-refractivity contribution in [3.63, 3.8) is 0 Å². The summed E-state index contributed by atoms with van der Waals surface area (Å²) in [5.74, 6) is -0.326. The lowest BCUT2D eigenvalue weighted by atomic mass is 10.0. The topological polar surface area (TPSA) is 55.0 Å². The van der Waals surface area contributed by atoms with Crippen molar-refractivity contribution in [2.24, 2.45) is 5.16 Å². The van der Waals surface area contributed by atoms with Gasteiger partial charge >= 0.3 is 6.18 Å². The fourth-order valence-electron chi connectivity index (χ4n) is 3.41. The van der Waals surface area contributed by atoms with Gasteiger partial charge in [-0.1, -0.05) is 47.6 Å². The van der Waals surface area contributed by atoms with Gasteiger partial charge in [0.1, 0.15) is 0 Å². The molecule has 1 aromatic heterocycles. The molecule has 2 heterocycles. The van der Waals surface area contributed by atoms with Gasteiger partial charge in [-0.2, -0.15) is 13.2 Å². The van der Waals surface area contributed by atoms with Crippen LogP contribution in [0.3, 0.4) is 0 Å². The highest BCUT2D eigenvalue weighted by Gasteiger charge is 2.32. The quantitative estimate of drug-likeness (QED) is 0.547. The Balaban J connectivity index is 1.51. The Morgan fingerprint density at radius 1 is 1.06 bits per heavy atom. The number of alkyl halides is 3. The fraction of sp³-hybridized carbons (Fsp3) is 0.217. The molecule has 0 N–H and O–H groups in total. The van der Waals surface area contributed by atoms with Crippen molar-refractivity contribution in [2.45, 2.75) is 25.2 Å². The zero-order valence-corrected chi connectivity index (χ0v) is 16.4. The van der Waals surface area contributed by atoms with Crippen molar-refractivity contribution in [1.82, 2.24) is 4.90 Å². The molecule has 0 saturated heterocycles. The summed E-state index contributed by atoms with van der Waals surface area (Å²) in [7, 11) is 0. The van der Waals surface area contributed by atoms with E-state index < -0.39 is 23.8 Å². The van der Waals surface area contributed by atoms with Crippen LogP contribution >= 0.6 is 0 Å². The van der Waals surface area contributed by atoms with Crippen LogP contribution < -0.4 is 0 Å². The molecule has 0 spiro atoms. The van der Waals surface area contributed by atoms with Crippen molar-refractivity contribution >= 4 is 11.6 Å². The second-order valence-corrected chi connectivity index (χ2v) is 7.20. The van der Waals surface area contributed by atoms with Crippen LogP contribution in [0.4, 0.5) is 13.2 Å². The van der Waals surface area contributed by atoms with Gasteiger partial charge in [-0.3, -0.25) is 4.79 Å². The van der Waals surface area contributed by atoms with E-state index in [1.165, 1.54) is 23.3 Å². The minimum Gasteiger partial charge on any atom is -0.459 e. The number of hydrogen-bond donors (Lipinski definition) is 0. The van der Waals surface area contributed by atoms with Gasteiger partial charge in [0.25, 0.3) is 5.91 Å². The molecule has 4 rings (SSSR count). The fourth-order valence-corrected chi connectivity index (χ4v) is 3.41. The Bertz CT molecular complexity index is 1060. The molecule has 0 saturated carbocycles. The number of carbonyl (C=O) groups excluding carboxylic acids is 1. The average Bonchev–Trinajstić information content (AvgIpc) is 3.46. The smallest absolute Gasteiger partial charge is 0.416 e. The number of carbonyl (C=O) groups is 1. The molecular formula is C23H19F3N2O3. The minimum absolute atomic E-state index is 0.0238. The normalized spacial score (nSPS) is 16.0. The lowest BCUT2D eigenvalue weighted by Crippen LogP contribution is -2.37. The zero-order chi connectivity index (χ0) is 21.8. The standard InChI is InChI=1S/C23H19F3N2O3/c24-23(25,26)18-9-4-6-16(12-18)14-28(22(29)21-10-5-11-30-21)15-19-13-20(27-31-19)17-7-2-1-3-8-17/h1-12,19H,13-15H2. The van der Waals surface area contributed by atoms with E-state index in [1.54, 1.807) is 12.1 Å². The summed E-state index contributed by atoms with van der Waals surface area (Å²) in [6.45, 7) is 0.125. The number of halogens is 3. The first-order chi connectivity index (χ1) is 14.9. The van der Waals surface area contributed by atoms with E-state index in [9.17, 15) is 18.0 Å². The van der Waals surface area contributed by atoms with E-state index in [-0.39, 0.29) is 18.8 Å². The molecule has 3 aromatic rings. The maximum absolute atomic E-state index is 13.1. The SMILES string of the molecule is O=C(c1ccco1)N(Cc1cccc(C(F)(F)F)c1)CC1CC(c2ccccc2)=NO1. The highest BCUT2D eigenvalue weighted by molar-refractivity contribution is 6.01. The molecule has 5 nitrogen and oxygen atoms in total. The largest absolute Gasteiger partial charge is 0.459 e. The Morgan fingerprint density at radius 2 is 1.87 bits per heavy atom. The van der Waals surface area contributed by atoms with Crippen molar-refractivity contribution in [3.05, 3.63) is 95.4 Å². The molecule has 0 bridgehead atoms. The van der Waals surface area contributed by atoms with Gasteiger partial charge in [-0.25, -0.2) is 0 Å². The molecule has 0 radical (unpaired) electrons. The number of furan rings is 1. The van der Waals surface area contributed by atoms with E-state index in [1.807, 2.05) is 30.3 Å². The third-order valence-corrected chi connectivity index (χ3v) is 4.91. The maximum atomic E-state index is 13.1. The molecule has 1 unspecified atom stereocenters. The van der Waals surface area contributed by atoms with Gasteiger partial charge in [0.15, 0.2) is 11.9 Å². The molecule has 1 aliphatic rings. The van der Waals surface area contributed by atoms with Gasteiger partial charge < -0.3 is 14.2 Å². The van der Waals surface area contributed by atoms with E-state index in [0.29, 0.717) is 12.0 Å². The van der Waals surface area contributed by atoms with Gasteiger partial charge in [-0.15, -0.1) is 0 Å². The zero-order valence-electron chi connectivity index (χ0n) is 16.4. The minimum atomic E-state index is -4.46. The monoisotopic (exact) mass is 428 g/mol. The van der Waals surface area contributed by atoms with Crippen LogP contribution in [0.2, 0.25) is 0 Å². The average molecular weight is 428 g/mol. The predicted octanol–water partition coefficient (Wildman–Crippen LogP) is 5.13. The number of hydrogen-bond acceptors (Lipinski definition) is 4. The van der Waals surface area contributed by atoms with E-state index in [2.05, 4.69) is 5.16 Å². The first kappa shape index (κ1) is 20.7. The molecule has 2 aromatic carbocycles. The molecule has 1 amide bonds. The third-order valence-electron chi connectivity index (χ3n) is 4.91. The predicted molar refractivity (Wildman–Crippen MR) is 107 cm³/mol. The lowest BCUT2D eigenvalue weighted by Gasteiger charge is -2.24. The first-order valence-corrected chi connectivity index (χ1v) is 9.67.